The van der Waals surface area contributed by atoms with Crippen LogP contribution >= 0.6 is 0 Å². The molecule has 3 aromatic heterocycles. The first-order valence-corrected chi connectivity index (χ1v) is 9.61. The maximum absolute atomic E-state index is 5.43. The molecule has 0 aliphatic heterocycles. The first-order chi connectivity index (χ1) is 15.1. The highest BCUT2D eigenvalue weighted by atomic mass is 16.5. The Labute approximate surface area is 179 Å². The van der Waals surface area contributed by atoms with E-state index in [0.29, 0.717) is 46.7 Å². The van der Waals surface area contributed by atoms with Crippen LogP contribution in [0.15, 0.2) is 47.4 Å². The molecule has 158 valence electrons. The molecule has 0 spiro atoms. The third-order valence-corrected chi connectivity index (χ3v) is 4.57. The van der Waals surface area contributed by atoms with Crippen LogP contribution in [0.5, 0.6) is 11.5 Å². The summed E-state index contributed by atoms with van der Waals surface area (Å²) in [5, 5.41) is 7.21. The fraction of sp³-hybridized carbons (Fsp3) is 0.227. The number of aromatic nitrogens is 5. The van der Waals surface area contributed by atoms with Gasteiger partial charge >= 0.3 is 0 Å². The number of anilines is 1. The van der Waals surface area contributed by atoms with Crippen LogP contribution in [-0.4, -0.2) is 39.3 Å². The molecule has 1 aromatic carbocycles. The van der Waals surface area contributed by atoms with Crippen LogP contribution in [0.4, 0.5) is 5.95 Å². The molecule has 0 aliphatic carbocycles. The summed E-state index contributed by atoms with van der Waals surface area (Å²) in [6, 6.07) is 7.50. The first-order valence-electron chi connectivity index (χ1n) is 9.61. The second kappa shape index (κ2) is 8.78. The Kier molecular flexibility index (Phi) is 5.74. The highest BCUT2D eigenvalue weighted by Gasteiger charge is 2.17. The number of ether oxygens (including phenoxy) is 2. The van der Waals surface area contributed by atoms with E-state index in [2.05, 4.69) is 30.4 Å². The van der Waals surface area contributed by atoms with Gasteiger partial charge in [0.05, 0.1) is 37.4 Å². The molecule has 0 atom stereocenters. The highest BCUT2D eigenvalue weighted by molar-refractivity contribution is 5.76. The van der Waals surface area contributed by atoms with Gasteiger partial charge in [0.25, 0.3) is 0 Å². The summed E-state index contributed by atoms with van der Waals surface area (Å²) in [5.41, 5.74) is 4.46. The number of rotatable bonds is 7. The van der Waals surface area contributed by atoms with Gasteiger partial charge in [0, 0.05) is 31.1 Å². The minimum Gasteiger partial charge on any atom is -0.497 e. The number of hydrogen-bond donors (Lipinski definition) is 1. The summed E-state index contributed by atoms with van der Waals surface area (Å²) in [5.74, 6) is 2.44. The van der Waals surface area contributed by atoms with E-state index in [4.69, 9.17) is 14.0 Å². The Morgan fingerprint density at radius 1 is 0.871 bits per heavy atom. The Bertz CT molecular complexity index is 1170. The van der Waals surface area contributed by atoms with Gasteiger partial charge < -0.3 is 19.3 Å². The molecule has 0 saturated heterocycles. The van der Waals surface area contributed by atoms with Crippen LogP contribution < -0.4 is 14.8 Å². The van der Waals surface area contributed by atoms with Crippen LogP contribution in [0.2, 0.25) is 0 Å². The van der Waals surface area contributed by atoms with Crippen molar-refractivity contribution < 1.29 is 14.0 Å². The van der Waals surface area contributed by atoms with Crippen molar-refractivity contribution >= 4 is 5.95 Å². The SMILES string of the molecule is COc1cc(CNc2ncc(-c3cc(C)no3)c(-c3cnc(C)cn3)n2)cc(OC)c1. The first kappa shape index (κ1) is 20.3. The number of methoxy groups -OCH3 is 2. The van der Waals surface area contributed by atoms with E-state index in [9.17, 15) is 0 Å². The van der Waals surface area contributed by atoms with Crippen molar-refractivity contribution in [2.75, 3.05) is 19.5 Å². The van der Waals surface area contributed by atoms with Gasteiger partial charge in [-0.3, -0.25) is 9.97 Å². The molecule has 9 nitrogen and oxygen atoms in total. The Hall–Kier alpha value is -4.01. The second-order valence-corrected chi connectivity index (χ2v) is 6.91. The van der Waals surface area contributed by atoms with Gasteiger partial charge in [0.1, 0.15) is 22.9 Å². The monoisotopic (exact) mass is 418 g/mol. The highest BCUT2D eigenvalue weighted by Crippen LogP contribution is 2.30. The topological polar surface area (TPSA) is 108 Å². The van der Waals surface area contributed by atoms with E-state index in [-0.39, 0.29) is 0 Å². The van der Waals surface area contributed by atoms with Gasteiger partial charge in [-0.2, -0.15) is 0 Å². The zero-order valence-corrected chi connectivity index (χ0v) is 17.7. The van der Waals surface area contributed by atoms with Gasteiger partial charge in [0.2, 0.25) is 5.95 Å². The van der Waals surface area contributed by atoms with E-state index in [1.807, 2.05) is 38.1 Å². The van der Waals surface area contributed by atoms with E-state index in [1.165, 1.54) is 0 Å². The van der Waals surface area contributed by atoms with Crippen molar-refractivity contribution in [3.8, 4) is 34.2 Å². The predicted octanol–water partition coefficient (Wildman–Crippen LogP) is 3.83. The molecule has 0 unspecified atom stereocenters. The van der Waals surface area contributed by atoms with Gasteiger partial charge in [-0.1, -0.05) is 5.16 Å². The molecule has 1 N–H and O–H groups in total. The molecule has 0 aliphatic rings. The zero-order valence-electron chi connectivity index (χ0n) is 17.7. The van der Waals surface area contributed by atoms with E-state index < -0.39 is 0 Å². The number of benzene rings is 1. The van der Waals surface area contributed by atoms with Gasteiger partial charge in [0.15, 0.2) is 5.76 Å². The Morgan fingerprint density at radius 2 is 1.65 bits per heavy atom. The van der Waals surface area contributed by atoms with Crippen LogP contribution in [0, 0.1) is 13.8 Å². The third kappa shape index (κ3) is 4.61. The van der Waals surface area contributed by atoms with Crippen molar-refractivity contribution in [2.45, 2.75) is 20.4 Å². The molecule has 0 radical (unpaired) electrons. The lowest BCUT2D eigenvalue weighted by atomic mass is 10.1. The molecular formula is C22H22N6O3. The van der Waals surface area contributed by atoms with Crippen molar-refractivity contribution in [1.29, 1.82) is 0 Å². The van der Waals surface area contributed by atoms with Crippen LogP contribution in [0.3, 0.4) is 0 Å². The summed E-state index contributed by atoms with van der Waals surface area (Å²) in [4.78, 5) is 17.9. The Morgan fingerprint density at radius 3 is 2.26 bits per heavy atom. The summed E-state index contributed by atoms with van der Waals surface area (Å²) < 4.78 is 16.1. The van der Waals surface area contributed by atoms with Gasteiger partial charge in [-0.15, -0.1) is 0 Å². The molecule has 0 saturated carbocycles. The van der Waals surface area contributed by atoms with Crippen molar-refractivity contribution in [3.05, 3.63) is 59.8 Å². The second-order valence-electron chi connectivity index (χ2n) is 6.91. The molecular weight excluding hydrogens is 396 g/mol. The number of aryl methyl sites for hydroxylation is 2. The largest absolute Gasteiger partial charge is 0.497 e. The maximum atomic E-state index is 5.43. The smallest absolute Gasteiger partial charge is 0.223 e. The summed E-state index contributed by atoms with van der Waals surface area (Å²) >= 11 is 0. The summed E-state index contributed by atoms with van der Waals surface area (Å²) in [7, 11) is 3.24. The van der Waals surface area contributed by atoms with Gasteiger partial charge in [-0.05, 0) is 31.5 Å². The molecule has 9 heteroatoms. The fourth-order valence-corrected chi connectivity index (χ4v) is 3.00. The lowest BCUT2D eigenvalue weighted by molar-refractivity contribution is 0.393. The lowest BCUT2D eigenvalue weighted by Crippen LogP contribution is -2.06. The standard InChI is InChI=1S/C22H22N6O3/c1-13-5-20(31-28-13)18-11-26-22(27-21(18)19-12-23-14(2)9-24-19)25-10-15-6-16(29-3)8-17(7-15)30-4/h5-9,11-12H,10H2,1-4H3,(H,25,26,27). The van der Waals surface area contributed by atoms with Crippen molar-refractivity contribution in [3.63, 3.8) is 0 Å². The van der Waals surface area contributed by atoms with E-state index >= 15 is 0 Å². The number of nitrogens with one attached hydrogen (secondary N) is 1. The van der Waals surface area contributed by atoms with E-state index in [1.54, 1.807) is 32.8 Å². The lowest BCUT2D eigenvalue weighted by Gasteiger charge is -2.11. The molecule has 4 aromatic rings. The van der Waals surface area contributed by atoms with Crippen molar-refractivity contribution in [1.82, 2.24) is 25.1 Å². The molecule has 0 fully saturated rings. The van der Waals surface area contributed by atoms with Crippen molar-refractivity contribution in [2.24, 2.45) is 0 Å². The normalized spacial score (nSPS) is 10.7. The minimum atomic E-state index is 0.444. The molecule has 3 heterocycles. The average Bonchev–Trinajstić information content (AvgIpc) is 3.23. The quantitative estimate of drug-likeness (QED) is 0.479. The van der Waals surface area contributed by atoms with Crippen LogP contribution in [0.1, 0.15) is 17.0 Å². The minimum absolute atomic E-state index is 0.444. The molecule has 31 heavy (non-hydrogen) atoms. The zero-order chi connectivity index (χ0) is 21.8. The summed E-state index contributed by atoms with van der Waals surface area (Å²) in [6.07, 6.45) is 5.07. The molecule has 0 bridgehead atoms. The fourth-order valence-electron chi connectivity index (χ4n) is 3.00. The maximum Gasteiger partial charge on any atom is 0.223 e. The molecule has 4 rings (SSSR count). The van der Waals surface area contributed by atoms with E-state index in [0.717, 1.165) is 17.0 Å². The summed E-state index contributed by atoms with van der Waals surface area (Å²) in [6.45, 7) is 4.22. The van der Waals surface area contributed by atoms with Gasteiger partial charge in [-0.25, -0.2) is 9.97 Å². The molecule has 0 amide bonds. The third-order valence-electron chi connectivity index (χ3n) is 4.57. The predicted molar refractivity (Wildman–Crippen MR) is 115 cm³/mol. The van der Waals surface area contributed by atoms with Crippen LogP contribution in [-0.2, 0) is 6.54 Å². The number of hydrogen-bond acceptors (Lipinski definition) is 9. The average molecular weight is 418 g/mol. The number of nitrogens with zero attached hydrogens (tertiary/aromatic N) is 5. The Balaban J connectivity index is 1.66. The van der Waals surface area contributed by atoms with Crippen LogP contribution in [0.25, 0.3) is 22.7 Å².